The highest BCUT2D eigenvalue weighted by atomic mass is 32.2. The Balaban J connectivity index is 1.87. The average molecular weight is 312 g/mol. The van der Waals surface area contributed by atoms with Gasteiger partial charge in [0.15, 0.2) is 0 Å². The van der Waals surface area contributed by atoms with Crippen LogP contribution in [0.1, 0.15) is 51.9 Å². The zero-order chi connectivity index (χ0) is 15.0. The molecule has 0 aromatic carbocycles. The second kappa shape index (κ2) is 5.50. The maximum atomic E-state index is 13.1. The van der Waals surface area contributed by atoms with Crippen LogP contribution in [0.25, 0.3) is 0 Å². The minimum Gasteiger partial charge on any atom is -0.375 e. The lowest BCUT2D eigenvalue weighted by Crippen LogP contribution is -2.42. The van der Waals surface area contributed by atoms with E-state index in [0.29, 0.717) is 11.8 Å². The van der Waals surface area contributed by atoms with Crippen LogP contribution >= 0.6 is 0 Å². The molecule has 2 saturated carbocycles. The van der Waals surface area contributed by atoms with Crippen molar-refractivity contribution in [3.05, 3.63) is 0 Å². The highest BCUT2D eigenvalue weighted by Crippen LogP contribution is 2.46. The molecule has 4 nitrogen and oxygen atoms in total. The summed E-state index contributed by atoms with van der Waals surface area (Å²) in [4.78, 5) is 0. The molecule has 2 unspecified atom stereocenters. The lowest BCUT2D eigenvalue weighted by Gasteiger charge is -2.45. The van der Waals surface area contributed by atoms with Crippen molar-refractivity contribution in [2.45, 2.75) is 62.7 Å². The molecule has 0 saturated heterocycles. The summed E-state index contributed by atoms with van der Waals surface area (Å²) in [6.45, 7) is 1.56. The summed E-state index contributed by atoms with van der Waals surface area (Å²) < 4.78 is 61.3. The van der Waals surface area contributed by atoms with Crippen LogP contribution in [-0.4, -0.2) is 30.4 Å². The van der Waals surface area contributed by atoms with Gasteiger partial charge in [0.05, 0.1) is 18.6 Å². The smallest absolute Gasteiger partial charge is 0.372 e. The summed E-state index contributed by atoms with van der Waals surface area (Å²) in [6, 6.07) is 0. The lowest BCUT2D eigenvalue weighted by molar-refractivity contribution is -0.105. The molecule has 0 aromatic heterocycles. The molecule has 0 radical (unpaired) electrons. The topological polar surface area (TPSA) is 63.6 Å². The largest absolute Gasteiger partial charge is 0.375 e. The first-order valence-electron chi connectivity index (χ1n) is 7.10. The van der Waals surface area contributed by atoms with Gasteiger partial charge in [0, 0.05) is 0 Å². The summed E-state index contributed by atoms with van der Waals surface area (Å²) in [7, 11) is -5.35. The summed E-state index contributed by atoms with van der Waals surface area (Å²) in [5.74, 6) is 1.18. The summed E-state index contributed by atoms with van der Waals surface area (Å²) in [6.07, 6.45) is 5.44. The first-order chi connectivity index (χ1) is 9.11. The van der Waals surface area contributed by atoms with E-state index in [4.69, 9.17) is 9.29 Å². The van der Waals surface area contributed by atoms with E-state index >= 15 is 0 Å². The van der Waals surface area contributed by atoms with Crippen molar-refractivity contribution in [1.29, 1.82) is 0 Å². The Bertz CT molecular complexity index is 437. The second-order valence-corrected chi connectivity index (χ2v) is 8.02. The predicted molar refractivity (Wildman–Crippen MR) is 70.2 cm³/mol. The fraction of sp³-hybridized carbons (Fsp3) is 1.00. The van der Waals surface area contributed by atoms with Gasteiger partial charge in [0.2, 0.25) is 0 Å². The second-order valence-electron chi connectivity index (χ2n) is 6.47. The molecule has 0 aromatic rings. The average Bonchev–Trinajstić information content (AvgIpc) is 2.25. The zero-order valence-electron chi connectivity index (χ0n) is 11.6. The van der Waals surface area contributed by atoms with E-state index < -0.39 is 27.4 Å². The van der Waals surface area contributed by atoms with Crippen LogP contribution in [0, 0.1) is 11.8 Å². The molecule has 0 spiro atoms. The fourth-order valence-electron chi connectivity index (χ4n) is 3.74. The van der Waals surface area contributed by atoms with Crippen molar-refractivity contribution >= 4 is 10.1 Å². The third-order valence-corrected chi connectivity index (χ3v) is 5.51. The van der Waals surface area contributed by atoms with Gasteiger partial charge in [-0.1, -0.05) is 19.3 Å². The van der Waals surface area contributed by atoms with E-state index in [1.54, 1.807) is 0 Å². The first kappa shape index (κ1) is 16.1. The van der Waals surface area contributed by atoms with Crippen molar-refractivity contribution in [3.8, 4) is 0 Å². The Morgan fingerprint density at radius 1 is 1.30 bits per heavy atom. The molecule has 20 heavy (non-hydrogen) atoms. The molecule has 2 fully saturated rings. The Hall–Kier alpha value is -0.270. The molecule has 7 heteroatoms. The molecule has 2 rings (SSSR count). The van der Waals surface area contributed by atoms with Crippen LogP contribution in [-0.2, 0) is 14.9 Å². The number of halogens is 2. The van der Waals surface area contributed by atoms with Crippen LogP contribution in [0.5, 0.6) is 0 Å². The van der Waals surface area contributed by atoms with E-state index in [0.717, 1.165) is 25.7 Å². The van der Waals surface area contributed by atoms with E-state index in [-0.39, 0.29) is 6.61 Å². The molecule has 2 aliphatic rings. The molecule has 0 aliphatic heterocycles. The van der Waals surface area contributed by atoms with Gasteiger partial charge in [-0.2, -0.15) is 17.2 Å². The molecular formula is C13H22F2O4S. The van der Waals surface area contributed by atoms with Gasteiger partial charge < -0.3 is 4.74 Å². The molecule has 0 amide bonds. The monoisotopic (exact) mass is 312 g/mol. The maximum absolute atomic E-state index is 13.1. The van der Waals surface area contributed by atoms with E-state index in [1.165, 1.54) is 12.8 Å². The number of alkyl halides is 2. The molecular weight excluding hydrogens is 290 g/mol. The van der Waals surface area contributed by atoms with E-state index in [9.17, 15) is 17.2 Å². The maximum Gasteiger partial charge on any atom is 0.372 e. The highest BCUT2D eigenvalue weighted by Gasteiger charge is 2.45. The zero-order valence-corrected chi connectivity index (χ0v) is 12.5. The van der Waals surface area contributed by atoms with Crippen LogP contribution in [0.3, 0.4) is 0 Å². The number of hydrogen-bond donors (Lipinski definition) is 1. The molecule has 118 valence electrons. The predicted octanol–water partition coefficient (Wildman–Crippen LogP) is 3.23. The molecule has 2 bridgehead atoms. The number of hydrogen-bond acceptors (Lipinski definition) is 3. The lowest BCUT2D eigenvalue weighted by atomic mass is 9.66. The number of rotatable bonds is 5. The Morgan fingerprint density at radius 3 is 2.35 bits per heavy atom. The standard InChI is InChI=1S/C13H22F2O4S/c1-12(8-10-3-2-4-11(7-10)9-12)19-6-5-13(14,15)20(16,17)18/h10-11H,2-9H2,1H3,(H,16,17,18). The third-order valence-electron chi connectivity index (χ3n) is 4.55. The van der Waals surface area contributed by atoms with Crippen molar-refractivity contribution in [3.63, 3.8) is 0 Å². The third kappa shape index (κ3) is 3.68. The SMILES string of the molecule is CC1(OCCC(F)(F)S(=O)(=O)O)CC2CCCC(C2)C1. The van der Waals surface area contributed by atoms with Gasteiger partial charge in [0.25, 0.3) is 0 Å². The van der Waals surface area contributed by atoms with Crippen LogP contribution in [0.2, 0.25) is 0 Å². The van der Waals surface area contributed by atoms with Gasteiger partial charge in [-0.25, -0.2) is 0 Å². The van der Waals surface area contributed by atoms with Crippen molar-refractivity contribution < 1.29 is 26.5 Å². The summed E-state index contributed by atoms with van der Waals surface area (Å²) in [5, 5.41) is -4.13. The van der Waals surface area contributed by atoms with Gasteiger partial charge in [0.1, 0.15) is 0 Å². The van der Waals surface area contributed by atoms with Crippen molar-refractivity contribution in [2.24, 2.45) is 11.8 Å². The minimum atomic E-state index is -5.35. The van der Waals surface area contributed by atoms with Crippen molar-refractivity contribution in [1.82, 2.24) is 0 Å². The van der Waals surface area contributed by atoms with Gasteiger partial charge in [-0.05, 0) is 38.0 Å². The van der Waals surface area contributed by atoms with Gasteiger partial charge >= 0.3 is 15.4 Å². The first-order valence-corrected chi connectivity index (χ1v) is 8.54. The van der Waals surface area contributed by atoms with Crippen LogP contribution in [0.4, 0.5) is 8.78 Å². The molecule has 2 atom stereocenters. The Labute approximate surface area is 118 Å². The number of ether oxygens (including phenoxy) is 1. The fourth-order valence-corrected chi connectivity index (χ4v) is 4.08. The summed E-state index contributed by atoms with van der Waals surface area (Å²) >= 11 is 0. The highest BCUT2D eigenvalue weighted by molar-refractivity contribution is 7.86. The van der Waals surface area contributed by atoms with Crippen LogP contribution < -0.4 is 0 Å². The van der Waals surface area contributed by atoms with Gasteiger partial charge in [-0.3, -0.25) is 4.55 Å². The van der Waals surface area contributed by atoms with Crippen LogP contribution in [0.15, 0.2) is 0 Å². The van der Waals surface area contributed by atoms with Gasteiger partial charge in [-0.15, -0.1) is 0 Å². The van der Waals surface area contributed by atoms with Crippen molar-refractivity contribution in [2.75, 3.05) is 6.61 Å². The molecule has 1 N–H and O–H groups in total. The minimum absolute atomic E-state index is 0.358. The Kier molecular flexibility index (Phi) is 4.43. The normalized spacial score (nSPS) is 35.0. The Morgan fingerprint density at radius 2 is 1.85 bits per heavy atom. The summed E-state index contributed by atoms with van der Waals surface area (Å²) in [5.41, 5.74) is -0.441. The molecule has 2 aliphatic carbocycles. The molecule has 0 heterocycles. The quantitative estimate of drug-likeness (QED) is 0.792. The van der Waals surface area contributed by atoms with E-state index in [1.807, 2.05) is 6.92 Å². The van der Waals surface area contributed by atoms with E-state index in [2.05, 4.69) is 0 Å². The number of fused-ring (bicyclic) bond motifs is 2.